The van der Waals surface area contributed by atoms with Crippen molar-refractivity contribution >= 4 is 0 Å². The summed E-state index contributed by atoms with van der Waals surface area (Å²) in [6.07, 6.45) is 0. The zero-order valence-electron chi connectivity index (χ0n) is 7.03. The van der Waals surface area contributed by atoms with Crippen molar-refractivity contribution in [1.82, 2.24) is 5.32 Å². The van der Waals surface area contributed by atoms with Crippen LogP contribution in [0.1, 0.15) is 27.7 Å². The van der Waals surface area contributed by atoms with Gasteiger partial charge in [-0.2, -0.15) is 0 Å². The van der Waals surface area contributed by atoms with Crippen molar-refractivity contribution in [2.45, 2.75) is 39.8 Å². The number of rotatable bonds is 2. The third kappa shape index (κ3) is 18.1. The molecule has 0 aromatic carbocycles. The first-order valence-electron chi connectivity index (χ1n) is 3.26. The van der Waals surface area contributed by atoms with Crippen molar-refractivity contribution in [2.75, 3.05) is 7.18 Å². The highest BCUT2D eigenvalue weighted by atomic mass is 19.1. The van der Waals surface area contributed by atoms with Crippen molar-refractivity contribution in [2.24, 2.45) is 0 Å². The van der Waals surface area contributed by atoms with Gasteiger partial charge >= 0.3 is 0 Å². The number of halogens is 1. The van der Waals surface area contributed by atoms with Gasteiger partial charge in [0.1, 0.15) is 0 Å². The summed E-state index contributed by atoms with van der Waals surface area (Å²) in [5, 5.41) is 3.31. The summed E-state index contributed by atoms with van der Waals surface area (Å²) >= 11 is 0. The Labute approximate surface area is 57.7 Å². The van der Waals surface area contributed by atoms with E-state index in [1.807, 2.05) is 0 Å². The fourth-order valence-electron chi connectivity index (χ4n) is 0.667. The Morgan fingerprint density at radius 3 is 1.11 bits per heavy atom. The second kappa shape index (κ2) is 7.89. The lowest BCUT2D eigenvalue weighted by molar-refractivity contribution is 0.518. The minimum atomic E-state index is 0.500. The van der Waals surface area contributed by atoms with E-state index in [4.69, 9.17) is 0 Å². The largest absolute Gasteiger partial charge is 0.312 e. The fourth-order valence-corrected chi connectivity index (χ4v) is 0.667. The van der Waals surface area contributed by atoms with E-state index in [0.29, 0.717) is 19.3 Å². The maximum absolute atomic E-state index is 9.50. The molecule has 0 unspecified atom stereocenters. The summed E-state index contributed by atoms with van der Waals surface area (Å²) in [6.45, 7) is 8.61. The van der Waals surface area contributed by atoms with Crippen LogP contribution < -0.4 is 5.32 Å². The van der Waals surface area contributed by atoms with Crippen molar-refractivity contribution < 1.29 is 4.39 Å². The van der Waals surface area contributed by atoms with E-state index < -0.39 is 0 Å². The van der Waals surface area contributed by atoms with Crippen molar-refractivity contribution in [1.29, 1.82) is 0 Å². The van der Waals surface area contributed by atoms with Crippen LogP contribution in [0.4, 0.5) is 4.39 Å². The van der Waals surface area contributed by atoms with Crippen LogP contribution in [0.15, 0.2) is 0 Å². The number of nitrogens with one attached hydrogen (secondary N) is 1. The molecule has 0 rings (SSSR count). The van der Waals surface area contributed by atoms with Gasteiger partial charge in [-0.15, -0.1) is 0 Å². The molecular weight excluding hydrogens is 117 g/mol. The van der Waals surface area contributed by atoms with Crippen LogP contribution in [0.5, 0.6) is 0 Å². The molecule has 58 valence electrons. The van der Waals surface area contributed by atoms with E-state index in [1.54, 1.807) is 0 Å². The Morgan fingerprint density at radius 1 is 0.889 bits per heavy atom. The topological polar surface area (TPSA) is 12.0 Å². The molecule has 2 heteroatoms. The molecule has 9 heavy (non-hydrogen) atoms. The predicted molar refractivity (Wildman–Crippen MR) is 40.4 cm³/mol. The molecule has 0 amide bonds. The van der Waals surface area contributed by atoms with Gasteiger partial charge in [-0.25, -0.2) is 0 Å². The Hall–Kier alpha value is -0.110. The van der Waals surface area contributed by atoms with Gasteiger partial charge in [-0.1, -0.05) is 27.7 Å². The van der Waals surface area contributed by atoms with Crippen LogP contribution in [0.3, 0.4) is 0 Å². The van der Waals surface area contributed by atoms with Crippen molar-refractivity contribution in [3.63, 3.8) is 0 Å². The van der Waals surface area contributed by atoms with Gasteiger partial charge in [0.2, 0.25) is 0 Å². The molecule has 0 aromatic heterocycles. The summed E-state index contributed by atoms with van der Waals surface area (Å²) in [4.78, 5) is 0. The quantitative estimate of drug-likeness (QED) is 0.610. The molecule has 0 bridgehead atoms. The van der Waals surface area contributed by atoms with Gasteiger partial charge in [0.15, 0.2) is 0 Å². The minimum absolute atomic E-state index is 0.500. The van der Waals surface area contributed by atoms with E-state index in [0.717, 1.165) is 0 Å². The minimum Gasteiger partial charge on any atom is -0.312 e. The summed E-state index contributed by atoms with van der Waals surface area (Å²) < 4.78 is 9.50. The Kier molecular flexibility index (Phi) is 10.2. The van der Waals surface area contributed by atoms with E-state index in [1.165, 1.54) is 0 Å². The molecule has 0 radical (unpaired) electrons. The second-order valence-corrected chi connectivity index (χ2v) is 2.48. The summed E-state index contributed by atoms with van der Waals surface area (Å²) in [5.74, 6) is 0. The van der Waals surface area contributed by atoms with Crippen LogP contribution in [0.25, 0.3) is 0 Å². The number of alkyl halides is 1. The van der Waals surface area contributed by atoms with Gasteiger partial charge in [-0.3, -0.25) is 4.39 Å². The summed E-state index contributed by atoms with van der Waals surface area (Å²) in [7, 11) is 0.500. The lowest BCUT2D eigenvalue weighted by Crippen LogP contribution is -2.29. The van der Waals surface area contributed by atoms with Crippen LogP contribution >= 0.6 is 0 Å². The van der Waals surface area contributed by atoms with Gasteiger partial charge in [-0.05, 0) is 0 Å². The molecule has 0 spiro atoms. The molecule has 0 aromatic rings. The first-order valence-corrected chi connectivity index (χ1v) is 3.26. The Balaban J connectivity index is 0. The van der Waals surface area contributed by atoms with E-state index in [-0.39, 0.29) is 0 Å². The molecule has 1 nitrogen and oxygen atoms in total. The lowest BCUT2D eigenvalue weighted by Gasteiger charge is -2.10. The maximum atomic E-state index is 9.50. The molecule has 0 saturated carbocycles. The van der Waals surface area contributed by atoms with Gasteiger partial charge in [0.05, 0.1) is 7.18 Å². The van der Waals surface area contributed by atoms with E-state index in [9.17, 15) is 4.39 Å². The van der Waals surface area contributed by atoms with Crippen molar-refractivity contribution in [3.05, 3.63) is 0 Å². The first kappa shape index (κ1) is 11.7. The average molecular weight is 135 g/mol. The highest BCUT2D eigenvalue weighted by Gasteiger charge is 1.92. The molecular formula is C7H18FN. The maximum Gasteiger partial charge on any atom is 0.0785 e. The third-order valence-electron chi connectivity index (χ3n) is 0.667. The van der Waals surface area contributed by atoms with Crippen molar-refractivity contribution in [3.8, 4) is 0 Å². The predicted octanol–water partition coefficient (Wildman–Crippen LogP) is 1.98. The molecule has 1 N–H and O–H groups in total. The number of hydrogen-bond acceptors (Lipinski definition) is 1. The SMILES string of the molecule is CC(C)NC(C)C.CF. The summed E-state index contributed by atoms with van der Waals surface area (Å²) in [5.41, 5.74) is 0. The zero-order chi connectivity index (χ0) is 7.86. The highest BCUT2D eigenvalue weighted by Crippen LogP contribution is 1.80. The molecule has 0 heterocycles. The molecule has 0 fully saturated rings. The van der Waals surface area contributed by atoms with Gasteiger partial charge in [0, 0.05) is 12.1 Å². The summed E-state index contributed by atoms with van der Waals surface area (Å²) in [6, 6.07) is 1.25. The zero-order valence-corrected chi connectivity index (χ0v) is 7.03. The molecule has 0 atom stereocenters. The first-order chi connectivity index (χ1) is 4.13. The fraction of sp³-hybridized carbons (Fsp3) is 1.00. The molecule has 0 saturated heterocycles. The molecule has 0 aliphatic heterocycles. The monoisotopic (exact) mass is 135 g/mol. The Bertz CT molecular complexity index is 38.2. The van der Waals surface area contributed by atoms with Gasteiger partial charge < -0.3 is 5.32 Å². The van der Waals surface area contributed by atoms with E-state index >= 15 is 0 Å². The normalized spacial score (nSPS) is 9.33. The van der Waals surface area contributed by atoms with Gasteiger partial charge in [0.25, 0.3) is 0 Å². The third-order valence-corrected chi connectivity index (χ3v) is 0.667. The number of hydrogen-bond donors (Lipinski definition) is 1. The van der Waals surface area contributed by atoms with E-state index in [2.05, 4.69) is 33.0 Å². The molecule has 0 aliphatic rings. The Morgan fingerprint density at radius 2 is 1.11 bits per heavy atom. The average Bonchev–Trinajstić information content (AvgIpc) is 1.68. The van der Waals surface area contributed by atoms with Crippen LogP contribution in [0, 0.1) is 0 Å². The second-order valence-electron chi connectivity index (χ2n) is 2.48. The van der Waals surface area contributed by atoms with Crippen LogP contribution in [-0.4, -0.2) is 19.3 Å². The van der Waals surface area contributed by atoms with Crippen LogP contribution in [-0.2, 0) is 0 Å². The standard InChI is InChI=1S/C6H15N.CH3F/c1-5(2)7-6(3)4;1-2/h5-7H,1-4H3;1H3. The lowest BCUT2D eigenvalue weighted by atomic mass is 10.3. The van der Waals surface area contributed by atoms with Crippen LogP contribution in [0.2, 0.25) is 0 Å². The molecule has 0 aliphatic carbocycles. The highest BCUT2D eigenvalue weighted by molar-refractivity contribution is 4.55. The smallest absolute Gasteiger partial charge is 0.0785 e.